The molecule has 0 bridgehead atoms. The minimum Gasteiger partial charge on any atom is -0.493 e. The van der Waals surface area contributed by atoms with Gasteiger partial charge in [0.2, 0.25) is 0 Å². The summed E-state index contributed by atoms with van der Waals surface area (Å²) in [5.74, 6) is 0.833. The highest BCUT2D eigenvalue weighted by Gasteiger charge is 2.32. The number of nitrogens with zero attached hydrogens (tertiary/aromatic N) is 5. The number of benzene rings is 2. The van der Waals surface area contributed by atoms with Crippen LogP contribution in [0.2, 0.25) is 0 Å². The van der Waals surface area contributed by atoms with Gasteiger partial charge in [-0.1, -0.05) is 18.2 Å². The molecular weight excluding hydrogens is 486 g/mol. The average Bonchev–Trinajstić information content (AvgIpc) is 3.40. The minimum absolute atomic E-state index is 0.147. The summed E-state index contributed by atoms with van der Waals surface area (Å²) < 4.78 is 12.4. The molecule has 38 heavy (non-hydrogen) atoms. The molecule has 5 rings (SSSR count). The number of aliphatic hydroxyl groups is 1. The molecule has 10 nitrogen and oxygen atoms in total. The van der Waals surface area contributed by atoms with E-state index in [1.54, 1.807) is 65.1 Å². The van der Waals surface area contributed by atoms with Crippen LogP contribution in [0.5, 0.6) is 11.5 Å². The lowest BCUT2D eigenvalue weighted by atomic mass is 10.0. The summed E-state index contributed by atoms with van der Waals surface area (Å²) in [6.07, 6.45) is 1.67. The summed E-state index contributed by atoms with van der Waals surface area (Å²) in [5, 5.41) is 14.2. The lowest BCUT2D eigenvalue weighted by molar-refractivity contribution is 0.0410. The summed E-state index contributed by atoms with van der Waals surface area (Å²) in [6.45, 7) is 2.84. The van der Waals surface area contributed by atoms with Gasteiger partial charge in [-0.15, -0.1) is 0 Å². The fourth-order valence-electron chi connectivity index (χ4n) is 4.84. The van der Waals surface area contributed by atoms with E-state index in [4.69, 9.17) is 9.47 Å². The molecule has 1 fully saturated rings. The van der Waals surface area contributed by atoms with Gasteiger partial charge in [0.05, 0.1) is 26.5 Å². The number of piperazine rings is 1. The SMILES string of the molecule is COc1ccc(-c2ccnc3cc(C(=O)N4CCN(C(=O)c5ccccc5CO)[C@@H](C)C4)nn23)cc1OC. The normalized spacial score (nSPS) is 15.5. The highest BCUT2D eigenvalue weighted by Crippen LogP contribution is 2.32. The maximum absolute atomic E-state index is 13.4. The molecule has 10 heteroatoms. The van der Waals surface area contributed by atoms with Crippen molar-refractivity contribution in [3.63, 3.8) is 0 Å². The molecule has 2 aromatic heterocycles. The second kappa shape index (κ2) is 10.5. The van der Waals surface area contributed by atoms with Gasteiger partial charge in [-0.2, -0.15) is 5.10 Å². The number of aliphatic hydroxyl groups excluding tert-OH is 1. The number of amides is 2. The van der Waals surface area contributed by atoms with Crippen molar-refractivity contribution < 1.29 is 24.2 Å². The molecule has 2 aromatic carbocycles. The van der Waals surface area contributed by atoms with E-state index in [1.165, 1.54) is 0 Å². The van der Waals surface area contributed by atoms with Crippen LogP contribution in [0.25, 0.3) is 16.9 Å². The zero-order valence-electron chi connectivity index (χ0n) is 21.5. The van der Waals surface area contributed by atoms with Crippen LogP contribution in [0.15, 0.2) is 60.8 Å². The number of methoxy groups -OCH3 is 2. The third-order valence-corrected chi connectivity index (χ3v) is 6.85. The Balaban J connectivity index is 1.37. The van der Waals surface area contributed by atoms with Gasteiger partial charge in [0.1, 0.15) is 0 Å². The number of hydrogen-bond donors (Lipinski definition) is 1. The standard InChI is InChI=1S/C28H29N5O5/c1-18-16-31(12-13-32(18)27(35)21-7-5-4-6-20(21)17-34)28(36)22-15-26-29-11-10-23(33(26)30-22)19-8-9-24(37-2)25(14-19)38-3/h4-11,14-15,18,34H,12-13,16-17H2,1-3H3/t18-/m0/s1. The van der Waals surface area contributed by atoms with Gasteiger partial charge < -0.3 is 24.4 Å². The van der Waals surface area contributed by atoms with Crippen LogP contribution in [0.4, 0.5) is 0 Å². The molecule has 0 unspecified atom stereocenters. The Morgan fingerprint density at radius 1 is 1.00 bits per heavy atom. The van der Waals surface area contributed by atoms with E-state index < -0.39 is 0 Å². The highest BCUT2D eigenvalue weighted by molar-refractivity contribution is 5.97. The summed E-state index contributed by atoms with van der Waals surface area (Å²) >= 11 is 0. The Hall–Kier alpha value is -4.44. The summed E-state index contributed by atoms with van der Waals surface area (Å²) in [4.78, 5) is 34.5. The van der Waals surface area contributed by atoms with Crippen LogP contribution < -0.4 is 9.47 Å². The number of hydrogen-bond acceptors (Lipinski definition) is 7. The predicted octanol–water partition coefficient (Wildman–Crippen LogP) is 2.89. The lowest BCUT2D eigenvalue weighted by Gasteiger charge is -2.39. The zero-order valence-corrected chi connectivity index (χ0v) is 21.5. The van der Waals surface area contributed by atoms with Gasteiger partial charge in [-0.05, 0) is 42.8 Å². The molecule has 0 aliphatic carbocycles. The zero-order chi connectivity index (χ0) is 26.8. The second-order valence-electron chi connectivity index (χ2n) is 9.11. The largest absolute Gasteiger partial charge is 0.493 e. The predicted molar refractivity (Wildman–Crippen MR) is 140 cm³/mol. The number of carbonyl (C=O) groups is 2. The van der Waals surface area contributed by atoms with Gasteiger partial charge in [-0.3, -0.25) is 9.59 Å². The number of aromatic nitrogens is 3. The number of carbonyl (C=O) groups excluding carboxylic acids is 2. The van der Waals surface area contributed by atoms with Crippen LogP contribution in [0, 0.1) is 0 Å². The highest BCUT2D eigenvalue weighted by atomic mass is 16.5. The number of fused-ring (bicyclic) bond motifs is 1. The molecule has 1 aliphatic rings. The van der Waals surface area contributed by atoms with Gasteiger partial charge >= 0.3 is 0 Å². The van der Waals surface area contributed by atoms with Crippen molar-refractivity contribution in [2.75, 3.05) is 33.9 Å². The molecule has 196 valence electrons. The van der Waals surface area contributed by atoms with Gasteiger partial charge in [0.25, 0.3) is 11.8 Å². The molecular formula is C28H29N5O5. The fourth-order valence-corrected chi connectivity index (χ4v) is 4.84. The molecule has 2 amide bonds. The van der Waals surface area contributed by atoms with Crippen LogP contribution >= 0.6 is 0 Å². The van der Waals surface area contributed by atoms with E-state index in [0.29, 0.717) is 47.9 Å². The van der Waals surface area contributed by atoms with Crippen LogP contribution in [-0.2, 0) is 6.61 Å². The third-order valence-electron chi connectivity index (χ3n) is 6.85. The maximum Gasteiger partial charge on any atom is 0.274 e. The Kier molecular flexibility index (Phi) is 6.97. The van der Waals surface area contributed by atoms with Crippen LogP contribution in [0.3, 0.4) is 0 Å². The number of ether oxygens (including phenoxy) is 2. The number of rotatable bonds is 6. The molecule has 4 aromatic rings. The van der Waals surface area contributed by atoms with E-state index in [9.17, 15) is 14.7 Å². The first-order valence-corrected chi connectivity index (χ1v) is 12.3. The molecule has 0 spiro atoms. The quantitative estimate of drug-likeness (QED) is 0.421. The molecule has 0 radical (unpaired) electrons. The van der Waals surface area contributed by atoms with Crippen LogP contribution in [-0.4, -0.2) is 81.2 Å². The van der Waals surface area contributed by atoms with E-state index >= 15 is 0 Å². The van der Waals surface area contributed by atoms with Crippen molar-refractivity contribution in [2.24, 2.45) is 0 Å². The van der Waals surface area contributed by atoms with Crippen molar-refractivity contribution in [3.8, 4) is 22.8 Å². The topological polar surface area (TPSA) is 110 Å². The van der Waals surface area contributed by atoms with Crippen molar-refractivity contribution in [1.82, 2.24) is 24.4 Å². The third kappa shape index (κ3) is 4.54. The molecule has 3 heterocycles. The van der Waals surface area contributed by atoms with E-state index in [1.807, 2.05) is 31.2 Å². The smallest absolute Gasteiger partial charge is 0.274 e. The van der Waals surface area contributed by atoms with Crippen molar-refractivity contribution >= 4 is 17.5 Å². The van der Waals surface area contributed by atoms with Gasteiger partial charge in [0, 0.05) is 49.1 Å². The first-order valence-electron chi connectivity index (χ1n) is 12.3. The Morgan fingerprint density at radius 3 is 2.53 bits per heavy atom. The first kappa shape index (κ1) is 25.2. The summed E-state index contributed by atoms with van der Waals surface area (Å²) in [7, 11) is 3.16. The van der Waals surface area contributed by atoms with Crippen molar-refractivity contribution in [3.05, 3.63) is 77.6 Å². The van der Waals surface area contributed by atoms with E-state index in [-0.39, 0.29) is 30.2 Å². The molecule has 1 aliphatic heterocycles. The molecule has 1 atom stereocenters. The Labute approximate surface area is 220 Å². The Morgan fingerprint density at radius 2 is 1.79 bits per heavy atom. The van der Waals surface area contributed by atoms with Gasteiger partial charge in [-0.25, -0.2) is 9.50 Å². The lowest BCUT2D eigenvalue weighted by Crippen LogP contribution is -2.55. The molecule has 1 N–H and O–H groups in total. The second-order valence-corrected chi connectivity index (χ2v) is 9.11. The van der Waals surface area contributed by atoms with Crippen molar-refractivity contribution in [2.45, 2.75) is 19.6 Å². The monoisotopic (exact) mass is 515 g/mol. The first-order chi connectivity index (χ1) is 18.4. The average molecular weight is 516 g/mol. The van der Waals surface area contributed by atoms with Crippen LogP contribution in [0.1, 0.15) is 33.3 Å². The maximum atomic E-state index is 13.4. The van der Waals surface area contributed by atoms with Crippen molar-refractivity contribution in [1.29, 1.82) is 0 Å². The Bertz CT molecular complexity index is 1500. The fraction of sp³-hybridized carbons (Fsp3) is 0.286. The van der Waals surface area contributed by atoms with E-state index in [2.05, 4.69) is 10.1 Å². The van der Waals surface area contributed by atoms with E-state index in [0.717, 1.165) is 11.3 Å². The summed E-state index contributed by atoms with van der Waals surface area (Å²) in [5.41, 5.74) is 3.48. The minimum atomic E-state index is -0.219. The summed E-state index contributed by atoms with van der Waals surface area (Å²) in [6, 6.07) is 15.9. The van der Waals surface area contributed by atoms with Gasteiger partial charge in [0.15, 0.2) is 22.8 Å². The molecule has 1 saturated heterocycles. The molecule has 0 saturated carbocycles.